The van der Waals surface area contributed by atoms with Gasteiger partial charge in [-0.1, -0.05) is 12.1 Å². The van der Waals surface area contributed by atoms with E-state index in [1.165, 1.54) is 0 Å². The Morgan fingerprint density at radius 1 is 0.968 bits per heavy atom. The molecule has 0 spiro atoms. The van der Waals surface area contributed by atoms with Crippen LogP contribution in [0.5, 0.6) is 11.5 Å². The molecule has 3 heterocycles. The van der Waals surface area contributed by atoms with Gasteiger partial charge in [0, 0.05) is 24.7 Å². The molecule has 0 bridgehead atoms. The van der Waals surface area contributed by atoms with Gasteiger partial charge in [-0.25, -0.2) is 0 Å². The van der Waals surface area contributed by atoms with Crippen molar-refractivity contribution in [3.63, 3.8) is 0 Å². The van der Waals surface area contributed by atoms with E-state index in [0.29, 0.717) is 41.5 Å². The van der Waals surface area contributed by atoms with Gasteiger partial charge in [0.1, 0.15) is 19.8 Å². The molecule has 1 atom stereocenters. The van der Waals surface area contributed by atoms with Crippen LogP contribution in [-0.2, 0) is 9.59 Å². The van der Waals surface area contributed by atoms with Gasteiger partial charge in [0.2, 0.25) is 11.8 Å². The number of benzene rings is 2. The highest BCUT2D eigenvalue weighted by molar-refractivity contribution is 6.22. The number of fused-ring (bicyclic) bond motifs is 2. The van der Waals surface area contributed by atoms with Gasteiger partial charge in [0.05, 0.1) is 17.2 Å². The lowest BCUT2D eigenvalue weighted by atomic mass is 10.1. The summed E-state index contributed by atoms with van der Waals surface area (Å²) in [6, 6.07) is 11.3. The Labute approximate surface area is 177 Å². The molecule has 2 aromatic carbocycles. The Kier molecular flexibility index (Phi) is 4.58. The molecule has 0 aromatic heterocycles. The molecule has 9 nitrogen and oxygen atoms in total. The predicted octanol–water partition coefficient (Wildman–Crippen LogP) is 0.975. The van der Waals surface area contributed by atoms with E-state index in [1.54, 1.807) is 47.4 Å². The molecule has 3 aliphatic heterocycles. The largest absolute Gasteiger partial charge is 0.486 e. The monoisotopic (exact) mass is 421 g/mol. The van der Waals surface area contributed by atoms with Crippen molar-refractivity contribution >= 4 is 29.3 Å². The van der Waals surface area contributed by atoms with Gasteiger partial charge in [-0.3, -0.25) is 24.1 Å². The number of anilines is 1. The molecule has 2 aromatic rings. The molecule has 3 aliphatic rings. The Hall–Kier alpha value is -3.88. The average molecular weight is 421 g/mol. The van der Waals surface area contributed by atoms with Crippen molar-refractivity contribution in [2.75, 3.05) is 31.2 Å². The summed E-state index contributed by atoms with van der Waals surface area (Å²) < 4.78 is 11.1. The van der Waals surface area contributed by atoms with Crippen LogP contribution in [-0.4, -0.2) is 60.9 Å². The summed E-state index contributed by atoms with van der Waals surface area (Å²) in [4.78, 5) is 52.4. The fourth-order valence-electron chi connectivity index (χ4n) is 4.05. The lowest BCUT2D eigenvalue weighted by Gasteiger charge is -2.22. The van der Waals surface area contributed by atoms with Crippen molar-refractivity contribution in [3.05, 3.63) is 53.6 Å². The van der Waals surface area contributed by atoms with Gasteiger partial charge in [0.15, 0.2) is 11.5 Å². The van der Waals surface area contributed by atoms with Gasteiger partial charge in [-0.15, -0.1) is 0 Å². The van der Waals surface area contributed by atoms with E-state index in [1.807, 2.05) is 0 Å². The van der Waals surface area contributed by atoms with Crippen LogP contribution in [0.4, 0.5) is 5.69 Å². The second kappa shape index (κ2) is 7.42. The average Bonchev–Trinajstić information content (AvgIpc) is 3.26. The number of carbonyl (C=O) groups is 4. The van der Waals surface area contributed by atoms with Crippen LogP contribution in [0.1, 0.15) is 27.1 Å². The number of hydrogen-bond donors (Lipinski definition) is 1. The molecule has 31 heavy (non-hydrogen) atoms. The minimum Gasteiger partial charge on any atom is -0.486 e. The Bertz CT molecular complexity index is 1080. The maximum absolute atomic E-state index is 12.5. The standard InChI is InChI=1S/C22H19N3O6/c26-19(12-25-21(28)15-3-1-2-4-16(15)22(25)29)23-13-9-20(27)24(11-13)14-5-6-17-18(10-14)31-8-7-30-17/h1-6,10,13H,7-9,11-12H2,(H,23,26). The lowest BCUT2D eigenvalue weighted by Crippen LogP contribution is -2.44. The van der Waals surface area contributed by atoms with E-state index in [4.69, 9.17) is 9.47 Å². The van der Waals surface area contributed by atoms with Crippen LogP contribution in [0.3, 0.4) is 0 Å². The van der Waals surface area contributed by atoms with Crippen LogP contribution >= 0.6 is 0 Å². The maximum Gasteiger partial charge on any atom is 0.262 e. The van der Waals surface area contributed by atoms with Gasteiger partial charge in [0.25, 0.3) is 11.8 Å². The zero-order valence-electron chi connectivity index (χ0n) is 16.5. The summed E-state index contributed by atoms with van der Waals surface area (Å²) in [5.41, 5.74) is 1.24. The first-order valence-corrected chi connectivity index (χ1v) is 9.96. The minimum atomic E-state index is -0.490. The highest BCUT2D eigenvalue weighted by Gasteiger charge is 2.37. The molecule has 1 N–H and O–H groups in total. The van der Waals surface area contributed by atoms with Gasteiger partial charge in [-0.2, -0.15) is 0 Å². The van der Waals surface area contributed by atoms with E-state index in [9.17, 15) is 19.2 Å². The molecule has 9 heteroatoms. The molecule has 4 amide bonds. The van der Waals surface area contributed by atoms with Crippen molar-refractivity contribution in [2.45, 2.75) is 12.5 Å². The minimum absolute atomic E-state index is 0.127. The molecular formula is C22H19N3O6. The van der Waals surface area contributed by atoms with Crippen LogP contribution in [0.15, 0.2) is 42.5 Å². The summed E-state index contributed by atoms with van der Waals surface area (Å²) in [5, 5.41) is 2.76. The Morgan fingerprint density at radius 2 is 1.65 bits per heavy atom. The van der Waals surface area contributed by atoms with Crippen LogP contribution in [0, 0.1) is 0 Å². The fourth-order valence-corrected chi connectivity index (χ4v) is 4.05. The molecule has 0 aliphatic carbocycles. The summed E-state index contributed by atoms with van der Waals surface area (Å²) in [6.07, 6.45) is 0.127. The SMILES string of the molecule is O=C(CN1C(=O)c2ccccc2C1=O)NC1CC(=O)N(c2ccc3c(c2)OCCO3)C1. The van der Waals surface area contributed by atoms with Gasteiger partial charge < -0.3 is 19.7 Å². The van der Waals surface area contributed by atoms with Crippen molar-refractivity contribution < 1.29 is 28.7 Å². The van der Waals surface area contributed by atoms with Crippen molar-refractivity contribution in [1.29, 1.82) is 0 Å². The number of ether oxygens (including phenoxy) is 2. The zero-order valence-corrected chi connectivity index (χ0v) is 16.5. The van der Waals surface area contributed by atoms with E-state index in [2.05, 4.69) is 5.32 Å². The summed E-state index contributed by atoms with van der Waals surface area (Å²) in [7, 11) is 0. The third-order valence-corrected chi connectivity index (χ3v) is 5.51. The summed E-state index contributed by atoms with van der Waals surface area (Å²) >= 11 is 0. The van der Waals surface area contributed by atoms with E-state index in [0.717, 1.165) is 4.90 Å². The number of amides is 4. The first-order valence-electron chi connectivity index (χ1n) is 9.96. The number of carbonyl (C=O) groups excluding carboxylic acids is 4. The number of imide groups is 1. The van der Waals surface area contributed by atoms with Crippen LogP contribution < -0.4 is 19.7 Å². The fraction of sp³-hybridized carbons (Fsp3) is 0.273. The molecule has 5 rings (SSSR count). The first-order chi connectivity index (χ1) is 15.0. The second-order valence-corrected chi connectivity index (χ2v) is 7.54. The molecule has 158 valence electrons. The van der Waals surface area contributed by atoms with Gasteiger partial charge >= 0.3 is 0 Å². The second-order valence-electron chi connectivity index (χ2n) is 7.54. The van der Waals surface area contributed by atoms with Crippen LogP contribution in [0.2, 0.25) is 0 Å². The quantitative estimate of drug-likeness (QED) is 0.738. The van der Waals surface area contributed by atoms with E-state index < -0.39 is 23.8 Å². The summed E-state index contributed by atoms with van der Waals surface area (Å²) in [5.74, 6) is -0.395. The molecular weight excluding hydrogens is 402 g/mol. The Balaban J connectivity index is 1.23. The topological polar surface area (TPSA) is 105 Å². The molecule has 0 saturated carbocycles. The molecule has 1 fully saturated rings. The van der Waals surface area contributed by atoms with Crippen molar-refractivity contribution in [2.24, 2.45) is 0 Å². The highest BCUT2D eigenvalue weighted by Crippen LogP contribution is 2.35. The predicted molar refractivity (Wildman–Crippen MR) is 108 cm³/mol. The first kappa shape index (κ1) is 19.1. The van der Waals surface area contributed by atoms with E-state index >= 15 is 0 Å². The normalized spacial score (nSPS) is 19.6. The number of rotatable bonds is 4. The third kappa shape index (κ3) is 3.37. The number of hydrogen-bond acceptors (Lipinski definition) is 6. The zero-order chi connectivity index (χ0) is 21.5. The molecule has 0 radical (unpaired) electrons. The van der Waals surface area contributed by atoms with Crippen molar-refractivity contribution in [3.8, 4) is 11.5 Å². The molecule has 1 saturated heterocycles. The lowest BCUT2D eigenvalue weighted by molar-refractivity contribution is -0.122. The Morgan fingerprint density at radius 3 is 2.35 bits per heavy atom. The third-order valence-electron chi connectivity index (χ3n) is 5.51. The van der Waals surface area contributed by atoms with Gasteiger partial charge in [-0.05, 0) is 24.3 Å². The maximum atomic E-state index is 12.5. The number of nitrogens with one attached hydrogen (secondary N) is 1. The smallest absolute Gasteiger partial charge is 0.262 e. The highest BCUT2D eigenvalue weighted by atomic mass is 16.6. The molecule has 1 unspecified atom stereocenters. The van der Waals surface area contributed by atoms with Crippen LogP contribution in [0.25, 0.3) is 0 Å². The summed E-state index contributed by atoms with van der Waals surface area (Å²) in [6.45, 7) is 0.824. The van der Waals surface area contributed by atoms with E-state index in [-0.39, 0.29) is 25.4 Å². The van der Waals surface area contributed by atoms with Crippen molar-refractivity contribution in [1.82, 2.24) is 10.2 Å². The number of nitrogens with zero attached hydrogens (tertiary/aromatic N) is 2.